The SMILES string of the molecule is CCOC(=O)Cc1c(CC)ccc(C#N)c1I. The molecule has 1 rings (SSSR count). The monoisotopic (exact) mass is 343 g/mol. The van der Waals surface area contributed by atoms with Gasteiger partial charge in [-0.1, -0.05) is 13.0 Å². The molecule has 4 heteroatoms. The van der Waals surface area contributed by atoms with E-state index in [1.165, 1.54) is 0 Å². The zero-order valence-electron chi connectivity index (χ0n) is 9.92. The van der Waals surface area contributed by atoms with Crippen molar-refractivity contribution in [3.63, 3.8) is 0 Å². The normalized spacial score (nSPS) is 9.76. The molecule has 1 aromatic rings. The van der Waals surface area contributed by atoms with E-state index in [2.05, 4.69) is 28.7 Å². The molecule has 0 radical (unpaired) electrons. The lowest BCUT2D eigenvalue weighted by Gasteiger charge is -2.11. The van der Waals surface area contributed by atoms with E-state index in [0.717, 1.165) is 21.1 Å². The van der Waals surface area contributed by atoms with Gasteiger partial charge in [0.15, 0.2) is 0 Å². The van der Waals surface area contributed by atoms with Crippen LogP contribution in [0.2, 0.25) is 0 Å². The summed E-state index contributed by atoms with van der Waals surface area (Å²) >= 11 is 2.12. The Bertz CT molecular complexity index is 463. The number of benzene rings is 1. The highest BCUT2D eigenvalue weighted by molar-refractivity contribution is 14.1. The fourth-order valence-electron chi connectivity index (χ4n) is 1.63. The minimum Gasteiger partial charge on any atom is -0.466 e. The molecule has 90 valence electrons. The molecule has 1 aromatic carbocycles. The molecule has 0 fully saturated rings. The van der Waals surface area contributed by atoms with Crippen LogP contribution in [0.15, 0.2) is 12.1 Å². The minimum atomic E-state index is -0.241. The first-order chi connectivity index (χ1) is 8.13. The van der Waals surface area contributed by atoms with Crippen LogP contribution in [0.5, 0.6) is 0 Å². The number of hydrogen-bond donors (Lipinski definition) is 0. The highest BCUT2D eigenvalue weighted by atomic mass is 127. The van der Waals surface area contributed by atoms with Gasteiger partial charge in [-0.3, -0.25) is 4.79 Å². The first-order valence-electron chi connectivity index (χ1n) is 5.50. The van der Waals surface area contributed by atoms with Gasteiger partial charge < -0.3 is 4.74 Å². The molecule has 0 saturated heterocycles. The molecule has 3 nitrogen and oxygen atoms in total. The average molecular weight is 343 g/mol. The van der Waals surface area contributed by atoms with Crippen LogP contribution in [0, 0.1) is 14.9 Å². The van der Waals surface area contributed by atoms with Gasteiger partial charge in [0.25, 0.3) is 0 Å². The molecule has 0 aliphatic heterocycles. The largest absolute Gasteiger partial charge is 0.466 e. The number of carbonyl (C=O) groups excluding carboxylic acids is 1. The fraction of sp³-hybridized carbons (Fsp3) is 0.385. The van der Waals surface area contributed by atoms with Gasteiger partial charge in [-0.25, -0.2) is 0 Å². The molecule has 0 saturated carbocycles. The third kappa shape index (κ3) is 3.43. The highest BCUT2D eigenvalue weighted by Gasteiger charge is 2.14. The summed E-state index contributed by atoms with van der Waals surface area (Å²) in [5.74, 6) is -0.241. The molecule has 0 heterocycles. The molecule has 0 aliphatic carbocycles. The topological polar surface area (TPSA) is 50.1 Å². The smallest absolute Gasteiger partial charge is 0.310 e. The fourth-order valence-corrected chi connectivity index (χ4v) is 2.46. The summed E-state index contributed by atoms with van der Waals surface area (Å²) in [4.78, 5) is 11.5. The summed E-state index contributed by atoms with van der Waals surface area (Å²) in [6, 6.07) is 5.85. The van der Waals surface area contributed by atoms with Crippen molar-refractivity contribution in [3.8, 4) is 6.07 Å². The van der Waals surface area contributed by atoms with E-state index in [0.29, 0.717) is 12.2 Å². The Morgan fingerprint density at radius 3 is 2.71 bits per heavy atom. The Morgan fingerprint density at radius 1 is 1.47 bits per heavy atom. The van der Waals surface area contributed by atoms with Crippen LogP contribution in [0.25, 0.3) is 0 Å². The number of ether oxygens (including phenoxy) is 1. The Balaban J connectivity index is 3.11. The molecule has 0 spiro atoms. The molecule has 0 atom stereocenters. The van der Waals surface area contributed by atoms with Crippen molar-refractivity contribution in [1.82, 2.24) is 0 Å². The first kappa shape index (κ1) is 14.0. The summed E-state index contributed by atoms with van der Waals surface area (Å²) in [7, 11) is 0. The third-order valence-electron chi connectivity index (χ3n) is 2.47. The average Bonchev–Trinajstić information content (AvgIpc) is 2.32. The van der Waals surface area contributed by atoms with Gasteiger partial charge in [0.1, 0.15) is 6.07 Å². The van der Waals surface area contributed by atoms with Crippen molar-refractivity contribution in [1.29, 1.82) is 5.26 Å². The molecule has 0 amide bonds. The van der Waals surface area contributed by atoms with Crippen molar-refractivity contribution < 1.29 is 9.53 Å². The van der Waals surface area contributed by atoms with Gasteiger partial charge in [0.2, 0.25) is 0 Å². The van der Waals surface area contributed by atoms with Crippen LogP contribution in [-0.2, 0) is 22.4 Å². The van der Waals surface area contributed by atoms with E-state index in [-0.39, 0.29) is 12.4 Å². The van der Waals surface area contributed by atoms with Crippen LogP contribution in [-0.4, -0.2) is 12.6 Å². The maximum absolute atomic E-state index is 11.5. The zero-order chi connectivity index (χ0) is 12.8. The van der Waals surface area contributed by atoms with E-state index in [1.807, 2.05) is 13.0 Å². The van der Waals surface area contributed by atoms with E-state index < -0.39 is 0 Å². The Hall–Kier alpha value is -1.09. The van der Waals surface area contributed by atoms with Gasteiger partial charge in [-0.15, -0.1) is 0 Å². The number of carbonyl (C=O) groups is 1. The van der Waals surface area contributed by atoms with Crippen molar-refractivity contribution >= 4 is 28.6 Å². The van der Waals surface area contributed by atoms with E-state index in [9.17, 15) is 4.79 Å². The molecule has 0 aliphatic rings. The lowest BCUT2D eigenvalue weighted by atomic mass is 10.00. The molecular weight excluding hydrogens is 329 g/mol. The van der Waals surface area contributed by atoms with Crippen molar-refractivity contribution in [2.24, 2.45) is 0 Å². The minimum absolute atomic E-state index is 0.241. The third-order valence-corrected chi connectivity index (χ3v) is 3.70. The lowest BCUT2D eigenvalue weighted by molar-refractivity contribution is -0.142. The number of nitrogens with zero attached hydrogens (tertiary/aromatic N) is 1. The van der Waals surface area contributed by atoms with Crippen LogP contribution in [0.3, 0.4) is 0 Å². The van der Waals surface area contributed by atoms with E-state index in [1.54, 1.807) is 13.0 Å². The predicted molar refractivity (Wildman–Crippen MR) is 73.6 cm³/mol. The summed E-state index contributed by atoms with van der Waals surface area (Å²) in [6.07, 6.45) is 1.08. The van der Waals surface area contributed by atoms with Gasteiger partial charge in [0, 0.05) is 3.57 Å². The number of aryl methyl sites for hydroxylation is 1. The Kier molecular flexibility index (Phi) is 5.42. The lowest BCUT2D eigenvalue weighted by Crippen LogP contribution is -2.11. The second kappa shape index (κ2) is 6.60. The molecule has 17 heavy (non-hydrogen) atoms. The predicted octanol–water partition coefficient (Wildman–Crippen LogP) is 2.83. The van der Waals surface area contributed by atoms with Crippen molar-refractivity contribution in [2.45, 2.75) is 26.7 Å². The van der Waals surface area contributed by atoms with Crippen LogP contribution in [0.1, 0.15) is 30.5 Å². The van der Waals surface area contributed by atoms with Gasteiger partial charge in [-0.05, 0) is 53.1 Å². The summed E-state index contributed by atoms with van der Waals surface area (Å²) in [5, 5.41) is 8.97. The summed E-state index contributed by atoms with van der Waals surface area (Å²) in [5.41, 5.74) is 2.63. The van der Waals surface area contributed by atoms with Gasteiger partial charge in [0.05, 0.1) is 18.6 Å². The summed E-state index contributed by atoms with van der Waals surface area (Å²) < 4.78 is 5.81. The molecular formula is C13H14INO2. The molecule has 0 unspecified atom stereocenters. The van der Waals surface area contributed by atoms with Gasteiger partial charge >= 0.3 is 5.97 Å². The number of halogens is 1. The molecule has 0 aromatic heterocycles. The maximum Gasteiger partial charge on any atom is 0.310 e. The van der Waals surface area contributed by atoms with Crippen molar-refractivity contribution in [2.75, 3.05) is 6.61 Å². The Labute approximate surface area is 115 Å². The number of hydrogen-bond acceptors (Lipinski definition) is 3. The van der Waals surface area contributed by atoms with Crippen LogP contribution in [0.4, 0.5) is 0 Å². The number of nitriles is 1. The maximum atomic E-state index is 11.5. The second-order valence-electron chi connectivity index (χ2n) is 3.51. The standard InChI is InChI=1S/C13H14INO2/c1-3-9-5-6-10(8-15)13(14)11(9)7-12(16)17-4-2/h5-6H,3-4,7H2,1-2H3. The second-order valence-corrected chi connectivity index (χ2v) is 4.59. The number of rotatable bonds is 4. The van der Waals surface area contributed by atoms with E-state index >= 15 is 0 Å². The quantitative estimate of drug-likeness (QED) is 0.624. The zero-order valence-corrected chi connectivity index (χ0v) is 12.1. The van der Waals surface area contributed by atoms with Crippen LogP contribution < -0.4 is 0 Å². The number of esters is 1. The first-order valence-corrected chi connectivity index (χ1v) is 6.57. The van der Waals surface area contributed by atoms with Crippen LogP contribution >= 0.6 is 22.6 Å². The van der Waals surface area contributed by atoms with Gasteiger partial charge in [-0.2, -0.15) is 5.26 Å². The summed E-state index contributed by atoms with van der Waals surface area (Å²) in [6.45, 7) is 4.20. The van der Waals surface area contributed by atoms with E-state index in [4.69, 9.17) is 10.00 Å². The molecule has 0 N–H and O–H groups in total. The molecule has 0 bridgehead atoms. The Morgan fingerprint density at radius 2 is 2.18 bits per heavy atom. The highest BCUT2D eigenvalue weighted by Crippen LogP contribution is 2.22. The van der Waals surface area contributed by atoms with Crippen molar-refractivity contribution in [3.05, 3.63) is 32.4 Å².